The maximum absolute atomic E-state index is 13.4. The molecule has 4 nitrogen and oxygen atoms in total. The molecular weight excluding hydrogens is 295 g/mol. The molecule has 1 amide bonds. The smallest absolute Gasteiger partial charge is 0.243 e. The third-order valence-corrected chi connectivity index (χ3v) is 2.98. The van der Waals surface area contributed by atoms with Crippen molar-refractivity contribution in [2.45, 2.75) is 0 Å². The molecule has 0 fully saturated rings. The van der Waals surface area contributed by atoms with Gasteiger partial charge in [-0.2, -0.15) is 0 Å². The van der Waals surface area contributed by atoms with Crippen molar-refractivity contribution in [2.24, 2.45) is 0 Å². The number of anilines is 2. The van der Waals surface area contributed by atoms with E-state index in [1.807, 2.05) is 0 Å². The molecule has 0 unspecified atom stereocenters. The highest BCUT2D eigenvalue weighted by atomic mass is 35.5. The fourth-order valence-corrected chi connectivity index (χ4v) is 1.92. The SMILES string of the molecule is COc1ccc(Cl)cc1NCC(=O)Nc1ccccc1F. The van der Waals surface area contributed by atoms with Gasteiger partial charge in [0.05, 0.1) is 25.0 Å². The zero-order chi connectivity index (χ0) is 15.2. The predicted octanol–water partition coefficient (Wildman–Crippen LogP) is 3.54. The van der Waals surface area contributed by atoms with Crippen molar-refractivity contribution in [3.63, 3.8) is 0 Å². The Labute approximate surface area is 126 Å². The number of para-hydroxylation sites is 1. The minimum absolute atomic E-state index is 0.0367. The molecule has 0 saturated carbocycles. The van der Waals surface area contributed by atoms with Crippen LogP contribution in [0.5, 0.6) is 5.75 Å². The Morgan fingerprint density at radius 1 is 1.24 bits per heavy atom. The van der Waals surface area contributed by atoms with Crippen molar-refractivity contribution in [3.05, 3.63) is 53.3 Å². The molecule has 0 aliphatic heterocycles. The van der Waals surface area contributed by atoms with Crippen LogP contribution < -0.4 is 15.4 Å². The van der Waals surface area contributed by atoms with E-state index in [0.29, 0.717) is 16.5 Å². The third-order valence-electron chi connectivity index (χ3n) is 2.75. The van der Waals surface area contributed by atoms with E-state index in [0.717, 1.165) is 0 Å². The molecule has 0 spiro atoms. The molecule has 21 heavy (non-hydrogen) atoms. The summed E-state index contributed by atoms with van der Waals surface area (Å²) in [5.74, 6) is -0.286. The topological polar surface area (TPSA) is 50.4 Å². The van der Waals surface area contributed by atoms with Crippen molar-refractivity contribution >= 4 is 28.9 Å². The van der Waals surface area contributed by atoms with Gasteiger partial charge in [-0.3, -0.25) is 4.79 Å². The van der Waals surface area contributed by atoms with Gasteiger partial charge < -0.3 is 15.4 Å². The molecule has 6 heteroatoms. The van der Waals surface area contributed by atoms with Crippen LogP contribution in [0.25, 0.3) is 0 Å². The number of methoxy groups -OCH3 is 1. The molecule has 0 heterocycles. The van der Waals surface area contributed by atoms with Gasteiger partial charge in [-0.1, -0.05) is 23.7 Å². The largest absolute Gasteiger partial charge is 0.495 e. The van der Waals surface area contributed by atoms with Gasteiger partial charge in [0.15, 0.2) is 0 Å². The number of carbonyl (C=O) groups is 1. The monoisotopic (exact) mass is 308 g/mol. The summed E-state index contributed by atoms with van der Waals surface area (Å²) >= 11 is 5.89. The number of nitrogens with one attached hydrogen (secondary N) is 2. The number of hydrogen-bond donors (Lipinski definition) is 2. The lowest BCUT2D eigenvalue weighted by Gasteiger charge is -2.12. The van der Waals surface area contributed by atoms with Gasteiger partial charge >= 0.3 is 0 Å². The van der Waals surface area contributed by atoms with Crippen molar-refractivity contribution in [2.75, 3.05) is 24.3 Å². The third kappa shape index (κ3) is 4.10. The van der Waals surface area contributed by atoms with E-state index in [1.54, 1.807) is 30.3 Å². The van der Waals surface area contributed by atoms with Crippen molar-refractivity contribution in [3.8, 4) is 5.75 Å². The molecule has 2 aromatic carbocycles. The van der Waals surface area contributed by atoms with Crippen LogP contribution in [-0.4, -0.2) is 19.6 Å². The zero-order valence-electron chi connectivity index (χ0n) is 11.3. The Balaban J connectivity index is 1.98. The van der Waals surface area contributed by atoms with E-state index in [9.17, 15) is 9.18 Å². The number of halogens is 2. The molecule has 2 N–H and O–H groups in total. The van der Waals surface area contributed by atoms with Crippen molar-refractivity contribution < 1.29 is 13.9 Å². The van der Waals surface area contributed by atoms with Crippen LogP contribution in [0, 0.1) is 5.82 Å². The number of hydrogen-bond acceptors (Lipinski definition) is 3. The normalized spacial score (nSPS) is 10.0. The Morgan fingerprint density at radius 3 is 2.71 bits per heavy atom. The minimum Gasteiger partial charge on any atom is -0.495 e. The van der Waals surface area contributed by atoms with Crippen molar-refractivity contribution in [1.82, 2.24) is 0 Å². The van der Waals surface area contributed by atoms with Gasteiger partial charge in [-0.15, -0.1) is 0 Å². The Morgan fingerprint density at radius 2 is 2.00 bits per heavy atom. The van der Waals surface area contributed by atoms with Crippen LogP contribution in [0.2, 0.25) is 5.02 Å². The van der Waals surface area contributed by atoms with Gasteiger partial charge in [-0.25, -0.2) is 4.39 Å². The first kappa shape index (κ1) is 15.1. The Bertz CT molecular complexity index is 649. The molecule has 0 aliphatic carbocycles. The number of benzene rings is 2. The molecule has 0 aromatic heterocycles. The average Bonchev–Trinajstić information content (AvgIpc) is 2.48. The molecule has 2 aromatic rings. The fraction of sp³-hybridized carbons (Fsp3) is 0.133. The number of ether oxygens (including phenoxy) is 1. The minimum atomic E-state index is -0.480. The molecule has 110 valence electrons. The van der Waals surface area contributed by atoms with E-state index in [-0.39, 0.29) is 18.1 Å². The molecule has 0 saturated heterocycles. The lowest BCUT2D eigenvalue weighted by atomic mass is 10.3. The average molecular weight is 309 g/mol. The molecular formula is C15H14ClFN2O2. The summed E-state index contributed by atoms with van der Waals surface area (Å²) in [5.41, 5.74) is 0.732. The molecule has 0 radical (unpaired) electrons. The fourth-order valence-electron chi connectivity index (χ4n) is 1.75. The molecule has 0 bridgehead atoms. The lowest BCUT2D eigenvalue weighted by Crippen LogP contribution is -2.22. The highest BCUT2D eigenvalue weighted by molar-refractivity contribution is 6.30. The zero-order valence-corrected chi connectivity index (χ0v) is 12.1. The van der Waals surface area contributed by atoms with E-state index in [4.69, 9.17) is 16.3 Å². The Kier molecular flexibility index (Phi) is 5.00. The standard InChI is InChI=1S/C15H14ClFN2O2/c1-21-14-7-6-10(16)8-13(14)18-9-15(20)19-12-5-3-2-4-11(12)17/h2-8,18H,9H2,1H3,(H,19,20). The number of rotatable bonds is 5. The maximum Gasteiger partial charge on any atom is 0.243 e. The van der Waals surface area contributed by atoms with Crippen LogP contribution in [-0.2, 0) is 4.79 Å². The van der Waals surface area contributed by atoms with Crippen LogP contribution in [0.4, 0.5) is 15.8 Å². The van der Waals surface area contributed by atoms with E-state index in [2.05, 4.69) is 10.6 Å². The molecule has 0 atom stereocenters. The summed E-state index contributed by atoms with van der Waals surface area (Å²) in [6.45, 7) is -0.0367. The highest BCUT2D eigenvalue weighted by Crippen LogP contribution is 2.27. The summed E-state index contributed by atoms with van der Waals surface area (Å²) in [5, 5.41) is 5.90. The van der Waals surface area contributed by atoms with E-state index >= 15 is 0 Å². The van der Waals surface area contributed by atoms with Crippen LogP contribution in [0.15, 0.2) is 42.5 Å². The quantitative estimate of drug-likeness (QED) is 0.888. The first-order chi connectivity index (χ1) is 10.1. The maximum atomic E-state index is 13.4. The van der Waals surface area contributed by atoms with Gasteiger partial charge in [0.25, 0.3) is 0 Å². The number of carbonyl (C=O) groups excluding carboxylic acids is 1. The predicted molar refractivity (Wildman–Crippen MR) is 81.5 cm³/mol. The van der Waals surface area contributed by atoms with E-state index in [1.165, 1.54) is 19.2 Å². The van der Waals surface area contributed by atoms with Gasteiger partial charge in [0.2, 0.25) is 5.91 Å². The van der Waals surface area contributed by atoms with Crippen molar-refractivity contribution in [1.29, 1.82) is 0 Å². The highest BCUT2D eigenvalue weighted by Gasteiger charge is 2.08. The first-order valence-electron chi connectivity index (χ1n) is 6.22. The summed E-state index contributed by atoms with van der Waals surface area (Å²) in [4.78, 5) is 11.8. The van der Waals surface area contributed by atoms with Gasteiger partial charge in [0, 0.05) is 5.02 Å². The lowest BCUT2D eigenvalue weighted by molar-refractivity contribution is -0.114. The second-order valence-corrected chi connectivity index (χ2v) is 4.66. The van der Waals surface area contributed by atoms with Crippen LogP contribution in [0.3, 0.4) is 0 Å². The second kappa shape index (κ2) is 6.95. The number of amides is 1. The van der Waals surface area contributed by atoms with Gasteiger partial charge in [-0.05, 0) is 30.3 Å². The van der Waals surface area contributed by atoms with E-state index < -0.39 is 5.82 Å². The van der Waals surface area contributed by atoms with Crippen LogP contribution >= 0.6 is 11.6 Å². The molecule has 0 aliphatic rings. The summed E-state index contributed by atoms with van der Waals surface area (Å²) < 4.78 is 18.6. The summed E-state index contributed by atoms with van der Waals surface area (Å²) in [6, 6.07) is 11.0. The summed E-state index contributed by atoms with van der Waals surface area (Å²) in [7, 11) is 1.52. The summed E-state index contributed by atoms with van der Waals surface area (Å²) in [6.07, 6.45) is 0. The second-order valence-electron chi connectivity index (χ2n) is 4.23. The molecule has 2 rings (SSSR count). The first-order valence-corrected chi connectivity index (χ1v) is 6.59. The van der Waals surface area contributed by atoms with Gasteiger partial charge in [0.1, 0.15) is 11.6 Å². The van der Waals surface area contributed by atoms with Crippen LogP contribution in [0.1, 0.15) is 0 Å². The Hall–Kier alpha value is -2.27.